The molecule has 4 heterocycles. The summed E-state index contributed by atoms with van der Waals surface area (Å²) >= 11 is 3.77. The van der Waals surface area contributed by atoms with Crippen LogP contribution in [0.1, 0.15) is 39.0 Å². The number of carbonyl (C=O) groups excluding carboxylic acids is 3. The van der Waals surface area contributed by atoms with Gasteiger partial charge < -0.3 is 29.3 Å². The molecule has 1 N–H and O–H groups in total. The standard InChI is InChI=1S/C30H47BrN4O6/c1-4-10-33(11-5-2)27(37)23-24-28(38)35(13-8-7-9-18-36)26(30(24)21-22(31)25(23)41-30)29(39)34(12-6-3)15-14-32-16-19-40-20-17-32/h4,6,22-26,36H,1,3,5,7-21H2,2H3/t22?,23-,24-,25-,26?,30?/m0/s1. The Kier molecular flexibility index (Phi) is 11.4. The second-order valence-electron chi connectivity index (χ2n) is 11.6. The molecule has 0 saturated carbocycles. The first kappa shape index (κ1) is 32.1. The Morgan fingerprint density at radius 2 is 1.76 bits per heavy atom. The van der Waals surface area contributed by atoms with E-state index >= 15 is 0 Å². The first-order chi connectivity index (χ1) is 19.8. The fraction of sp³-hybridized carbons (Fsp3) is 0.767. The van der Waals surface area contributed by atoms with Gasteiger partial charge in [-0.1, -0.05) is 35.0 Å². The molecule has 41 heavy (non-hydrogen) atoms. The lowest BCUT2D eigenvalue weighted by molar-refractivity contribution is -0.149. The molecule has 3 unspecified atom stereocenters. The molecule has 1 spiro atoms. The van der Waals surface area contributed by atoms with Crippen LogP contribution in [0.25, 0.3) is 0 Å². The quantitative estimate of drug-likeness (QED) is 0.156. The van der Waals surface area contributed by atoms with Gasteiger partial charge in [0, 0.05) is 63.8 Å². The lowest BCUT2D eigenvalue weighted by atomic mass is 9.70. The Morgan fingerprint density at radius 3 is 2.39 bits per heavy atom. The van der Waals surface area contributed by atoms with Crippen LogP contribution < -0.4 is 0 Å². The van der Waals surface area contributed by atoms with Crippen LogP contribution >= 0.6 is 15.9 Å². The van der Waals surface area contributed by atoms with E-state index in [1.807, 2.05) is 6.92 Å². The van der Waals surface area contributed by atoms with Crippen LogP contribution in [0.2, 0.25) is 0 Å². The van der Waals surface area contributed by atoms with Gasteiger partial charge in [-0.3, -0.25) is 19.3 Å². The van der Waals surface area contributed by atoms with Crippen LogP contribution in [-0.2, 0) is 23.9 Å². The molecule has 4 saturated heterocycles. The molecule has 0 aromatic rings. The first-order valence-electron chi connectivity index (χ1n) is 15.2. The van der Waals surface area contributed by atoms with E-state index in [2.05, 4.69) is 34.0 Å². The maximum atomic E-state index is 14.5. The number of likely N-dealkylation sites (tertiary alicyclic amines) is 1. The number of amides is 3. The highest BCUT2D eigenvalue weighted by Crippen LogP contribution is 2.60. The molecule has 0 aromatic carbocycles. The summed E-state index contributed by atoms with van der Waals surface area (Å²) in [6, 6.07) is -0.819. The predicted octanol–water partition coefficient (Wildman–Crippen LogP) is 1.67. The normalized spacial score (nSPS) is 30.9. The molecule has 11 heteroatoms. The number of morpholine rings is 1. The minimum Gasteiger partial charge on any atom is -0.396 e. The van der Waals surface area contributed by atoms with Gasteiger partial charge in [-0.15, -0.1) is 13.2 Å². The molecule has 10 nitrogen and oxygen atoms in total. The molecule has 0 radical (unpaired) electrons. The highest BCUT2D eigenvalue weighted by Gasteiger charge is 2.76. The number of fused-ring (bicyclic) bond motifs is 1. The molecule has 4 aliphatic heterocycles. The summed E-state index contributed by atoms with van der Waals surface area (Å²) in [7, 11) is 0. The molecule has 0 aliphatic carbocycles. The average molecular weight is 640 g/mol. The summed E-state index contributed by atoms with van der Waals surface area (Å²) in [6.45, 7) is 15.7. The van der Waals surface area contributed by atoms with E-state index in [4.69, 9.17) is 9.47 Å². The van der Waals surface area contributed by atoms with E-state index in [9.17, 15) is 19.5 Å². The van der Waals surface area contributed by atoms with Crippen molar-refractivity contribution in [3.63, 3.8) is 0 Å². The Bertz CT molecular complexity index is 961. The molecule has 4 fully saturated rings. The second kappa shape index (κ2) is 14.6. The van der Waals surface area contributed by atoms with Crippen LogP contribution in [0.15, 0.2) is 25.3 Å². The van der Waals surface area contributed by atoms with Crippen LogP contribution in [0.5, 0.6) is 0 Å². The number of hydrogen-bond acceptors (Lipinski definition) is 7. The molecule has 3 amide bonds. The summed E-state index contributed by atoms with van der Waals surface area (Å²) in [4.78, 5) is 50.1. The van der Waals surface area contributed by atoms with E-state index in [1.54, 1.807) is 26.9 Å². The maximum absolute atomic E-state index is 14.5. The zero-order valence-electron chi connectivity index (χ0n) is 24.4. The van der Waals surface area contributed by atoms with E-state index in [1.165, 1.54) is 0 Å². The highest BCUT2D eigenvalue weighted by molar-refractivity contribution is 9.09. The molecular weight excluding hydrogens is 592 g/mol. The molecule has 4 aliphatic rings. The summed E-state index contributed by atoms with van der Waals surface area (Å²) in [6.07, 6.45) is 6.26. The third-order valence-electron chi connectivity index (χ3n) is 8.97. The minimum atomic E-state index is -1.07. The second-order valence-corrected chi connectivity index (χ2v) is 12.8. The molecule has 4 rings (SSSR count). The van der Waals surface area contributed by atoms with Gasteiger partial charge in [0.2, 0.25) is 17.7 Å². The third-order valence-corrected chi connectivity index (χ3v) is 9.82. The molecule has 6 atom stereocenters. The van der Waals surface area contributed by atoms with E-state index in [0.29, 0.717) is 71.7 Å². The number of alkyl halides is 1. The number of aliphatic hydroxyl groups excluding tert-OH is 1. The van der Waals surface area contributed by atoms with Gasteiger partial charge in [-0.25, -0.2) is 0 Å². The summed E-state index contributed by atoms with van der Waals surface area (Å²) in [5.41, 5.74) is -1.07. The zero-order chi connectivity index (χ0) is 29.6. The van der Waals surface area contributed by atoms with E-state index in [-0.39, 0.29) is 29.2 Å². The number of nitrogens with zero attached hydrogens (tertiary/aromatic N) is 4. The van der Waals surface area contributed by atoms with E-state index < -0.39 is 29.6 Å². The topological polar surface area (TPSA) is 103 Å². The highest BCUT2D eigenvalue weighted by atomic mass is 79.9. The summed E-state index contributed by atoms with van der Waals surface area (Å²) < 4.78 is 12.2. The van der Waals surface area contributed by atoms with Crippen molar-refractivity contribution in [2.45, 2.75) is 61.6 Å². The fourth-order valence-electron chi connectivity index (χ4n) is 7.14. The van der Waals surface area contributed by atoms with Gasteiger partial charge in [0.05, 0.1) is 31.2 Å². The molecular formula is C30H47BrN4O6. The van der Waals surface area contributed by atoms with Gasteiger partial charge in [-0.05, 0) is 32.1 Å². The third kappa shape index (κ3) is 6.44. The van der Waals surface area contributed by atoms with Crippen LogP contribution in [0, 0.1) is 11.8 Å². The number of rotatable bonds is 16. The van der Waals surface area contributed by atoms with Crippen molar-refractivity contribution in [2.75, 3.05) is 72.2 Å². The van der Waals surface area contributed by atoms with Gasteiger partial charge in [0.25, 0.3) is 0 Å². The molecule has 2 bridgehead atoms. The Hall–Kier alpha value is -1.79. The molecule has 0 aromatic heterocycles. The largest absolute Gasteiger partial charge is 0.396 e. The van der Waals surface area contributed by atoms with Crippen molar-refractivity contribution in [3.8, 4) is 0 Å². The summed E-state index contributed by atoms with van der Waals surface area (Å²) in [5, 5.41) is 9.29. The van der Waals surface area contributed by atoms with E-state index in [0.717, 1.165) is 25.9 Å². The lowest BCUT2D eigenvalue weighted by Gasteiger charge is -2.38. The predicted molar refractivity (Wildman–Crippen MR) is 159 cm³/mol. The van der Waals surface area contributed by atoms with Crippen molar-refractivity contribution in [1.29, 1.82) is 0 Å². The van der Waals surface area contributed by atoms with Gasteiger partial charge >= 0.3 is 0 Å². The Balaban J connectivity index is 1.65. The molecule has 230 valence electrons. The number of aliphatic hydroxyl groups is 1. The Labute approximate surface area is 252 Å². The van der Waals surface area contributed by atoms with Crippen molar-refractivity contribution >= 4 is 33.7 Å². The number of ether oxygens (including phenoxy) is 2. The van der Waals surface area contributed by atoms with Gasteiger partial charge in [-0.2, -0.15) is 0 Å². The van der Waals surface area contributed by atoms with Crippen molar-refractivity contribution in [3.05, 3.63) is 25.3 Å². The number of halogens is 1. The van der Waals surface area contributed by atoms with Gasteiger partial charge in [0.15, 0.2) is 0 Å². The number of unbranched alkanes of at least 4 members (excludes halogenated alkanes) is 2. The monoisotopic (exact) mass is 638 g/mol. The minimum absolute atomic E-state index is 0.0840. The number of hydrogen-bond donors (Lipinski definition) is 1. The van der Waals surface area contributed by atoms with Crippen LogP contribution in [-0.4, -0.2) is 137 Å². The van der Waals surface area contributed by atoms with Crippen molar-refractivity contribution in [1.82, 2.24) is 19.6 Å². The Morgan fingerprint density at radius 1 is 1.07 bits per heavy atom. The maximum Gasteiger partial charge on any atom is 0.248 e. The van der Waals surface area contributed by atoms with Crippen molar-refractivity contribution < 1.29 is 29.0 Å². The lowest BCUT2D eigenvalue weighted by Crippen LogP contribution is -2.58. The van der Waals surface area contributed by atoms with Crippen LogP contribution in [0.3, 0.4) is 0 Å². The summed E-state index contributed by atoms with van der Waals surface area (Å²) in [5.74, 6) is -1.80. The number of carbonyl (C=O) groups is 3. The zero-order valence-corrected chi connectivity index (χ0v) is 26.0. The SMILES string of the molecule is C=CCN(CCN1CCOCC1)C(=O)C1N(CCCCCO)C(=O)[C@@H]2[C@H](C(=O)N(CC=C)CCC)[C@H]3OC12CC3Br. The average Bonchev–Trinajstić information content (AvgIpc) is 3.56. The van der Waals surface area contributed by atoms with Crippen LogP contribution in [0.4, 0.5) is 0 Å². The van der Waals surface area contributed by atoms with Crippen molar-refractivity contribution in [2.24, 2.45) is 11.8 Å². The smallest absolute Gasteiger partial charge is 0.248 e. The fourth-order valence-corrected chi connectivity index (χ4v) is 8.08. The van der Waals surface area contributed by atoms with Gasteiger partial charge in [0.1, 0.15) is 11.6 Å². The first-order valence-corrected chi connectivity index (χ1v) is 16.1.